The standard InChI is InChI=1S/C14H26N2O3/c1-6-8-19-9-7-16-11(14(3,4)5)12(17)15-10(2)13(16)18/h10-11H,6-9H2,1-5H3,(H,15,17). The second kappa shape index (κ2) is 6.37. The zero-order valence-electron chi connectivity index (χ0n) is 12.7. The summed E-state index contributed by atoms with van der Waals surface area (Å²) >= 11 is 0. The molecule has 0 aromatic carbocycles. The lowest BCUT2D eigenvalue weighted by Gasteiger charge is -2.44. The highest BCUT2D eigenvalue weighted by Crippen LogP contribution is 2.27. The maximum atomic E-state index is 12.2. The van der Waals surface area contributed by atoms with E-state index in [0.29, 0.717) is 19.8 Å². The average molecular weight is 270 g/mol. The number of piperazine rings is 1. The monoisotopic (exact) mass is 270 g/mol. The van der Waals surface area contributed by atoms with Crippen molar-refractivity contribution in [1.82, 2.24) is 10.2 Å². The van der Waals surface area contributed by atoms with Gasteiger partial charge in [-0.2, -0.15) is 0 Å². The van der Waals surface area contributed by atoms with Crippen molar-refractivity contribution in [3.8, 4) is 0 Å². The third kappa shape index (κ3) is 3.93. The minimum absolute atomic E-state index is 0.0281. The Balaban J connectivity index is 2.78. The minimum Gasteiger partial charge on any atom is -0.380 e. The summed E-state index contributed by atoms with van der Waals surface area (Å²) < 4.78 is 5.44. The molecule has 2 amide bonds. The van der Waals surface area contributed by atoms with Gasteiger partial charge in [-0.1, -0.05) is 27.7 Å². The van der Waals surface area contributed by atoms with E-state index in [4.69, 9.17) is 4.74 Å². The third-order valence-corrected chi connectivity index (χ3v) is 3.22. The minimum atomic E-state index is -0.447. The zero-order valence-corrected chi connectivity index (χ0v) is 12.7. The summed E-state index contributed by atoms with van der Waals surface area (Å²) in [6.07, 6.45) is 0.952. The van der Waals surface area contributed by atoms with Crippen LogP contribution in [0.2, 0.25) is 0 Å². The molecule has 1 rings (SSSR count). The van der Waals surface area contributed by atoms with E-state index in [2.05, 4.69) is 5.32 Å². The van der Waals surface area contributed by atoms with Gasteiger partial charge in [-0.25, -0.2) is 0 Å². The molecule has 0 aromatic rings. The van der Waals surface area contributed by atoms with Gasteiger partial charge in [0.1, 0.15) is 12.1 Å². The number of amides is 2. The summed E-state index contributed by atoms with van der Waals surface area (Å²) in [5.74, 6) is -0.102. The fourth-order valence-corrected chi connectivity index (χ4v) is 2.38. The average Bonchev–Trinajstić information content (AvgIpc) is 2.28. The largest absolute Gasteiger partial charge is 0.380 e. The van der Waals surface area contributed by atoms with Crippen LogP contribution in [-0.2, 0) is 14.3 Å². The van der Waals surface area contributed by atoms with E-state index in [9.17, 15) is 9.59 Å². The molecule has 5 heteroatoms. The Morgan fingerprint density at radius 2 is 1.89 bits per heavy atom. The van der Waals surface area contributed by atoms with E-state index in [-0.39, 0.29) is 17.2 Å². The molecule has 1 saturated heterocycles. The first kappa shape index (κ1) is 16.0. The Morgan fingerprint density at radius 3 is 2.42 bits per heavy atom. The van der Waals surface area contributed by atoms with Crippen LogP contribution in [0.1, 0.15) is 41.0 Å². The highest BCUT2D eigenvalue weighted by molar-refractivity contribution is 5.97. The van der Waals surface area contributed by atoms with Crippen LogP contribution in [0.3, 0.4) is 0 Å². The van der Waals surface area contributed by atoms with Crippen molar-refractivity contribution in [2.75, 3.05) is 19.8 Å². The highest BCUT2D eigenvalue weighted by atomic mass is 16.5. The van der Waals surface area contributed by atoms with Crippen molar-refractivity contribution >= 4 is 11.8 Å². The Hall–Kier alpha value is -1.10. The van der Waals surface area contributed by atoms with Crippen LogP contribution in [0, 0.1) is 5.41 Å². The lowest BCUT2D eigenvalue weighted by molar-refractivity contribution is -0.154. The maximum Gasteiger partial charge on any atom is 0.245 e. The van der Waals surface area contributed by atoms with Crippen LogP contribution < -0.4 is 5.32 Å². The Bertz CT molecular complexity index is 336. The first-order valence-corrected chi connectivity index (χ1v) is 6.97. The molecule has 110 valence electrons. The lowest BCUT2D eigenvalue weighted by Crippen LogP contribution is -2.66. The molecule has 0 spiro atoms. The van der Waals surface area contributed by atoms with E-state index >= 15 is 0 Å². The Morgan fingerprint density at radius 1 is 1.26 bits per heavy atom. The van der Waals surface area contributed by atoms with Crippen molar-refractivity contribution in [3.05, 3.63) is 0 Å². The van der Waals surface area contributed by atoms with Crippen molar-refractivity contribution in [3.63, 3.8) is 0 Å². The summed E-state index contributed by atoms with van der Waals surface area (Å²) in [5.41, 5.74) is -0.287. The van der Waals surface area contributed by atoms with Crippen LogP contribution in [0.4, 0.5) is 0 Å². The molecule has 1 aliphatic heterocycles. The zero-order chi connectivity index (χ0) is 14.6. The van der Waals surface area contributed by atoms with Gasteiger partial charge in [-0.15, -0.1) is 0 Å². The van der Waals surface area contributed by atoms with Crippen molar-refractivity contribution in [1.29, 1.82) is 0 Å². The number of carbonyl (C=O) groups excluding carboxylic acids is 2. The molecule has 19 heavy (non-hydrogen) atoms. The summed E-state index contributed by atoms with van der Waals surface area (Å²) in [6, 6.07) is -0.876. The number of carbonyl (C=O) groups is 2. The molecule has 0 bridgehead atoms. The molecule has 2 atom stereocenters. The molecule has 0 radical (unpaired) electrons. The predicted octanol–water partition coefficient (Wildman–Crippen LogP) is 1.17. The molecule has 1 heterocycles. The number of nitrogens with zero attached hydrogens (tertiary/aromatic N) is 1. The number of hydrogen-bond acceptors (Lipinski definition) is 3. The second-order valence-electron chi connectivity index (χ2n) is 6.14. The van der Waals surface area contributed by atoms with Gasteiger partial charge in [-0.05, 0) is 18.8 Å². The first-order valence-electron chi connectivity index (χ1n) is 6.97. The van der Waals surface area contributed by atoms with Crippen molar-refractivity contribution in [2.24, 2.45) is 5.41 Å². The topological polar surface area (TPSA) is 58.6 Å². The Kier molecular flexibility index (Phi) is 5.35. The van der Waals surface area contributed by atoms with Crippen LogP contribution in [0.25, 0.3) is 0 Å². The van der Waals surface area contributed by atoms with Gasteiger partial charge >= 0.3 is 0 Å². The van der Waals surface area contributed by atoms with Crippen molar-refractivity contribution in [2.45, 2.75) is 53.1 Å². The fourth-order valence-electron chi connectivity index (χ4n) is 2.38. The molecule has 1 fully saturated rings. The van der Waals surface area contributed by atoms with Gasteiger partial charge in [0.05, 0.1) is 6.61 Å². The van der Waals surface area contributed by atoms with Crippen LogP contribution in [0.5, 0.6) is 0 Å². The van der Waals surface area contributed by atoms with E-state index in [1.165, 1.54) is 0 Å². The first-order chi connectivity index (χ1) is 8.79. The molecule has 0 aliphatic carbocycles. The summed E-state index contributed by atoms with van der Waals surface area (Å²) in [6.45, 7) is 11.3. The lowest BCUT2D eigenvalue weighted by atomic mass is 9.83. The molecule has 0 aromatic heterocycles. The second-order valence-corrected chi connectivity index (χ2v) is 6.14. The molecule has 1 N–H and O–H groups in total. The van der Waals surface area contributed by atoms with Crippen LogP contribution in [-0.4, -0.2) is 48.6 Å². The van der Waals surface area contributed by atoms with Gasteiger partial charge in [0.15, 0.2) is 0 Å². The van der Waals surface area contributed by atoms with Crippen molar-refractivity contribution < 1.29 is 14.3 Å². The predicted molar refractivity (Wildman–Crippen MR) is 73.7 cm³/mol. The van der Waals surface area contributed by atoms with E-state index < -0.39 is 12.1 Å². The van der Waals surface area contributed by atoms with Gasteiger partial charge in [0.2, 0.25) is 11.8 Å². The van der Waals surface area contributed by atoms with Crippen LogP contribution >= 0.6 is 0 Å². The van der Waals surface area contributed by atoms with E-state index in [1.807, 2.05) is 27.7 Å². The van der Waals surface area contributed by atoms with Crippen LogP contribution in [0.15, 0.2) is 0 Å². The molecular weight excluding hydrogens is 244 g/mol. The Labute approximate surface area is 115 Å². The molecule has 5 nitrogen and oxygen atoms in total. The normalized spacial score (nSPS) is 24.6. The number of hydrogen-bond donors (Lipinski definition) is 1. The number of nitrogens with one attached hydrogen (secondary N) is 1. The van der Waals surface area contributed by atoms with Gasteiger partial charge in [-0.3, -0.25) is 9.59 Å². The van der Waals surface area contributed by atoms with Gasteiger partial charge < -0.3 is 15.0 Å². The molecule has 0 saturated carbocycles. The van der Waals surface area contributed by atoms with E-state index in [0.717, 1.165) is 6.42 Å². The summed E-state index contributed by atoms with van der Waals surface area (Å²) in [4.78, 5) is 26.1. The SMILES string of the molecule is CCCOCCN1C(=O)C(C)NC(=O)C1C(C)(C)C. The maximum absolute atomic E-state index is 12.2. The number of rotatable bonds is 5. The third-order valence-electron chi connectivity index (χ3n) is 3.22. The summed E-state index contributed by atoms with van der Waals surface area (Å²) in [7, 11) is 0. The molecule has 1 aliphatic rings. The fraction of sp³-hybridized carbons (Fsp3) is 0.857. The van der Waals surface area contributed by atoms with Gasteiger partial charge in [0.25, 0.3) is 0 Å². The smallest absolute Gasteiger partial charge is 0.245 e. The number of ether oxygens (including phenoxy) is 1. The molecular formula is C14H26N2O3. The molecule has 2 unspecified atom stereocenters. The quantitative estimate of drug-likeness (QED) is 0.763. The highest BCUT2D eigenvalue weighted by Gasteiger charge is 2.44. The summed E-state index contributed by atoms with van der Waals surface area (Å²) in [5, 5.41) is 2.75. The van der Waals surface area contributed by atoms with Gasteiger partial charge in [0, 0.05) is 13.2 Å². The van der Waals surface area contributed by atoms with E-state index in [1.54, 1.807) is 11.8 Å².